The first-order valence-corrected chi connectivity index (χ1v) is 5.11. The van der Waals surface area contributed by atoms with Crippen molar-refractivity contribution >= 4 is 62.3 Å². The second-order valence-electron chi connectivity index (χ2n) is 1.78. The number of rotatable bonds is 1. The Hall–Kier alpha value is 0.720. The Balaban J connectivity index is 3.28. The highest BCUT2D eigenvalue weighted by Gasteiger charge is 2.15. The molecular formula is C5HBrCl4N2. The third-order valence-corrected chi connectivity index (χ3v) is 2.88. The lowest BCUT2D eigenvalue weighted by atomic mass is 10.4. The van der Waals surface area contributed by atoms with Crippen molar-refractivity contribution in [2.24, 2.45) is 0 Å². The van der Waals surface area contributed by atoms with Gasteiger partial charge in [-0.05, 0) is 27.5 Å². The quantitative estimate of drug-likeness (QED) is 0.445. The first-order chi connectivity index (χ1) is 5.52. The summed E-state index contributed by atoms with van der Waals surface area (Å²) in [4.78, 5) is 6.68. The molecule has 0 aliphatic rings. The molecule has 0 spiro atoms. The van der Waals surface area contributed by atoms with E-state index in [0.717, 1.165) is 0 Å². The highest BCUT2D eigenvalue weighted by atomic mass is 79.9. The Kier molecular flexibility index (Phi) is 3.86. The van der Waals surface area contributed by atoms with Crippen LogP contribution in [0.25, 0.3) is 0 Å². The van der Waals surface area contributed by atoms with Crippen molar-refractivity contribution in [3.8, 4) is 0 Å². The lowest BCUT2D eigenvalue weighted by Gasteiger charge is -2.04. The normalized spacial score (nSPS) is 10.8. The van der Waals surface area contributed by atoms with E-state index < -0.39 is 4.84 Å². The molecule has 12 heavy (non-hydrogen) atoms. The van der Waals surface area contributed by atoms with Gasteiger partial charge in [-0.2, -0.15) is 0 Å². The van der Waals surface area contributed by atoms with E-state index >= 15 is 0 Å². The minimum absolute atomic E-state index is 0.0181. The maximum Gasteiger partial charge on any atom is 0.224 e. The van der Waals surface area contributed by atoms with Crippen LogP contribution in [0.4, 0.5) is 0 Å². The summed E-state index contributed by atoms with van der Waals surface area (Å²) in [6.07, 6.45) is 0. The van der Waals surface area contributed by atoms with Gasteiger partial charge in [0.2, 0.25) is 5.28 Å². The van der Waals surface area contributed by atoms with E-state index in [2.05, 4.69) is 25.9 Å². The van der Waals surface area contributed by atoms with Gasteiger partial charge < -0.3 is 0 Å². The van der Waals surface area contributed by atoms with Crippen LogP contribution < -0.4 is 0 Å². The van der Waals surface area contributed by atoms with Gasteiger partial charge in [0.15, 0.2) is 4.84 Å². The molecule has 2 nitrogen and oxygen atoms in total. The van der Waals surface area contributed by atoms with Crippen molar-refractivity contribution in [3.05, 3.63) is 20.6 Å². The standard InChI is InChI=1S/C5HBrCl4N2/c6-1-2(3(7)8)11-5(10)12-4(1)9/h3H. The predicted octanol–water partition coefficient (Wildman–Crippen LogP) is 4.02. The number of halogens is 5. The third kappa shape index (κ3) is 2.36. The zero-order chi connectivity index (χ0) is 9.30. The van der Waals surface area contributed by atoms with Gasteiger partial charge in [-0.25, -0.2) is 9.97 Å². The summed E-state index contributed by atoms with van der Waals surface area (Å²) in [6.45, 7) is 0. The van der Waals surface area contributed by atoms with Crippen LogP contribution in [0.15, 0.2) is 4.47 Å². The van der Waals surface area contributed by atoms with E-state index in [1.807, 2.05) is 0 Å². The van der Waals surface area contributed by atoms with Crippen molar-refractivity contribution in [1.82, 2.24) is 9.97 Å². The maximum absolute atomic E-state index is 5.66. The second-order valence-corrected chi connectivity index (χ2v) is 4.37. The molecule has 1 rings (SSSR count). The van der Waals surface area contributed by atoms with Crippen molar-refractivity contribution in [2.45, 2.75) is 4.84 Å². The zero-order valence-electron chi connectivity index (χ0n) is 5.36. The lowest BCUT2D eigenvalue weighted by molar-refractivity contribution is 1.05. The van der Waals surface area contributed by atoms with E-state index in [1.165, 1.54) is 0 Å². The van der Waals surface area contributed by atoms with Crippen LogP contribution in [0.2, 0.25) is 10.4 Å². The Bertz CT molecular complexity index is 304. The first-order valence-electron chi connectivity index (χ1n) is 2.69. The smallest absolute Gasteiger partial charge is 0.219 e. The van der Waals surface area contributed by atoms with Gasteiger partial charge in [0.25, 0.3) is 0 Å². The fourth-order valence-electron chi connectivity index (χ4n) is 0.554. The molecule has 0 N–H and O–H groups in total. The number of nitrogens with zero attached hydrogens (tertiary/aromatic N) is 2. The molecule has 0 aromatic carbocycles. The summed E-state index contributed by atoms with van der Waals surface area (Å²) >= 11 is 25.5. The van der Waals surface area contributed by atoms with E-state index in [1.54, 1.807) is 0 Å². The summed E-state index contributed by atoms with van der Waals surface area (Å²) in [5, 5.41) is 0.209. The largest absolute Gasteiger partial charge is 0.224 e. The van der Waals surface area contributed by atoms with Crippen LogP contribution in [0.3, 0.4) is 0 Å². The van der Waals surface area contributed by atoms with Crippen LogP contribution in [0.1, 0.15) is 10.5 Å². The van der Waals surface area contributed by atoms with Crippen LogP contribution in [0, 0.1) is 0 Å². The molecule has 0 aliphatic heterocycles. The van der Waals surface area contributed by atoms with Crippen LogP contribution >= 0.6 is 62.3 Å². The lowest BCUT2D eigenvalue weighted by Crippen LogP contribution is -1.94. The van der Waals surface area contributed by atoms with Gasteiger partial charge in [0, 0.05) is 0 Å². The second kappa shape index (κ2) is 4.29. The third-order valence-electron chi connectivity index (χ3n) is 1.02. The number of hydrogen-bond acceptors (Lipinski definition) is 2. The average molecular weight is 311 g/mol. The fraction of sp³-hybridized carbons (Fsp3) is 0.200. The summed E-state index contributed by atoms with van der Waals surface area (Å²) in [5.74, 6) is 0. The SMILES string of the molecule is Clc1nc(Cl)c(Br)c(C(Cl)Cl)n1. The number of hydrogen-bond donors (Lipinski definition) is 0. The summed E-state index contributed by atoms with van der Waals surface area (Å²) in [5.41, 5.74) is 0.364. The minimum atomic E-state index is -0.780. The molecule has 1 aromatic heterocycles. The summed E-state index contributed by atoms with van der Waals surface area (Å²) < 4.78 is 0.462. The molecule has 0 bridgehead atoms. The van der Waals surface area contributed by atoms with Crippen LogP contribution in [-0.2, 0) is 0 Å². The molecule has 0 fully saturated rings. The molecule has 0 saturated heterocycles. The molecule has 0 radical (unpaired) electrons. The zero-order valence-corrected chi connectivity index (χ0v) is 9.97. The Morgan fingerprint density at radius 3 is 2.25 bits per heavy atom. The van der Waals surface area contributed by atoms with Gasteiger partial charge in [0.1, 0.15) is 5.15 Å². The maximum atomic E-state index is 5.66. The molecule has 66 valence electrons. The molecule has 0 aliphatic carbocycles. The summed E-state index contributed by atoms with van der Waals surface area (Å²) in [6, 6.07) is 0. The van der Waals surface area contributed by atoms with Crippen molar-refractivity contribution in [3.63, 3.8) is 0 Å². The molecule has 0 unspecified atom stereocenters. The molecule has 0 amide bonds. The van der Waals surface area contributed by atoms with E-state index in [-0.39, 0.29) is 10.4 Å². The van der Waals surface area contributed by atoms with E-state index in [4.69, 9.17) is 46.4 Å². The Labute approximate surface area is 97.3 Å². The molecule has 1 heterocycles. The monoisotopic (exact) mass is 308 g/mol. The molecule has 0 atom stereocenters. The average Bonchev–Trinajstić information content (AvgIpc) is 1.96. The highest BCUT2D eigenvalue weighted by molar-refractivity contribution is 9.10. The molecule has 0 saturated carbocycles. The molecule has 7 heteroatoms. The van der Waals surface area contributed by atoms with E-state index in [9.17, 15) is 0 Å². The van der Waals surface area contributed by atoms with Gasteiger partial charge in [0.05, 0.1) is 10.2 Å². The minimum Gasteiger partial charge on any atom is -0.219 e. The van der Waals surface area contributed by atoms with Crippen molar-refractivity contribution < 1.29 is 0 Å². The molecular weight excluding hydrogens is 310 g/mol. The first kappa shape index (κ1) is 10.8. The van der Waals surface area contributed by atoms with Gasteiger partial charge in [-0.3, -0.25) is 0 Å². The van der Waals surface area contributed by atoms with E-state index in [0.29, 0.717) is 10.2 Å². The number of aromatic nitrogens is 2. The predicted molar refractivity (Wildman–Crippen MR) is 54.2 cm³/mol. The van der Waals surface area contributed by atoms with Gasteiger partial charge in [-0.1, -0.05) is 34.8 Å². The van der Waals surface area contributed by atoms with Crippen LogP contribution in [0.5, 0.6) is 0 Å². The Morgan fingerprint density at radius 1 is 1.17 bits per heavy atom. The van der Waals surface area contributed by atoms with Gasteiger partial charge in [-0.15, -0.1) is 0 Å². The number of alkyl halides is 2. The molecule has 1 aromatic rings. The highest BCUT2D eigenvalue weighted by Crippen LogP contribution is 2.33. The summed E-state index contributed by atoms with van der Waals surface area (Å²) in [7, 11) is 0. The topological polar surface area (TPSA) is 25.8 Å². The van der Waals surface area contributed by atoms with Crippen molar-refractivity contribution in [1.29, 1.82) is 0 Å². The van der Waals surface area contributed by atoms with Crippen molar-refractivity contribution in [2.75, 3.05) is 0 Å². The van der Waals surface area contributed by atoms with Gasteiger partial charge >= 0.3 is 0 Å². The van der Waals surface area contributed by atoms with Crippen LogP contribution in [-0.4, -0.2) is 9.97 Å². The fourth-order valence-corrected chi connectivity index (χ4v) is 1.94. The Morgan fingerprint density at radius 2 is 1.75 bits per heavy atom.